The van der Waals surface area contributed by atoms with Crippen molar-refractivity contribution in [3.63, 3.8) is 0 Å². The molecular weight excluding hydrogens is 685 g/mol. The number of hydrogen-bond donors (Lipinski definition) is 1. The molecule has 3 aliphatic heterocycles. The average Bonchev–Trinajstić information content (AvgIpc) is 3.87. The summed E-state index contributed by atoms with van der Waals surface area (Å²) in [7, 11) is 0. The number of H-pyrrole nitrogens is 1. The Bertz CT molecular complexity index is 1690. The van der Waals surface area contributed by atoms with Crippen LogP contribution in [0.3, 0.4) is 0 Å². The van der Waals surface area contributed by atoms with Gasteiger partial charge in [0.15, 0.2) is 24.4 Å². The lowest BCUT2D eigenvalue weighted by Gasteiger charge is -2.30. The number of halogens is 2. The molecule has 0 spiro atoms. The van der Waals surface area contributed by atoms with Gasteiger partial charge in [0, 0.05) is 18.5 Å². The van der Waals surface area contributed by atoms with Crippen molar-refractivity contribution in [2.45, 2.75) is 80.7 Å². The number of rotatable bonds is 13. The molecule has 0 amide bonds. The molecule has 1 unspecified atom stereocenters. The van der Waals surface area contributed by atoms with Gasteiger partial charge in [0.1, 0.15) is 18.0 Å². The van der Waals surface area contributed by atoms with Gasteiger partial charge in [0.25, 0.3) is 5.09 Å². The maximum Gasteiger partial charge on any atom is 0.347 e. The Morgan fingerprint density at radius 3 is 2.47 bits per heavy atom. The summed E-state index contributed by atoms with van der Waals surface area (Å²) in [5.41, 5.74) is 3.48. The van der Waals surface area contributed by atoms with Crippen molar-refractivity contribution in [2.75, 3.05) is 13.2 Å². The maximum absolute atomic E-state index is 13.7. The van der Waals surface area contributed by atoms with Crippen molar-refractivity contribution in [2.24, 2.45) is 4.99 Å². The van der Waals surface area contributed by atoms with Gasteiger partial charge in [-0.2, -0.15) is 5.21 Å². The lowest BCUT2D eigenvalue weighted by atomic mass is 9.98. The van der Waals surface area contributed by atoms with Crippen LogP contribution >= 0.6 is 23.2 Å². The zero-order chi connectivity index (χ0) is 34.7. The fourth-order valence-electron chi connectivity index (χ4n) is 6.07. The van der Waals surface area contributed by atoms with Crippen molar-refractivity contribution in [1.82, 2.24) is 25.5 Å². The molecule has 0 radical (unpaired) electrons. The predicted octanol–water partition coefficient (Wildman–Crippen LogP) is 3.66. The van der Waals surface area contributed by atoms with Crippen molar-refractivity contribution in [3.05, 3.63) is 64.2 Å². The van der Waals surface area contributed by atoms with Crippen LogP contribution in [0.15, 0.2) is 53.5 Å². The number of hydrogen-bond acceptors (Lipinski definition) is 14. The number of aromatic amines is 1. The standard InChI is InChI=1S/C31H33Cl2N7O9/c1-3-4-9-24-34-31(32,33)27(30(42)47-17(2)29(41)48-22-15-45-26-23(49-40(43)44)16-46-25(22)26)39(24)14-18-10-12-19(13-11-18)20-7-5-6-8-21(20)28-35-37-38-36-28/h5-8,10-13,17,22-23,25-27H,3-4,9,14-16H2,1-2H3,(H,35,36,37,38)/t17-,22+,23-,25-,26-,27?/m1/s1. The lowest BCUT2D eigenvalue weighted by molar-refractivity contribution is -0.769. The number of carbonyl (C=O) groups excluding carboxylic acids is 2. The summed E-state index contributed by atoms with van der Waals surface area (Å²) in [4.78, 5) is 48.3. The molecule has 4 heterocycles. The number of alkyl halides is 2. The number of aromatic nitrogens is 4. The third kappa shape index (κ3) is 7.46. The number of esters is 2. The number of carbonyl (C=O) groups is 2. The molecule has 0 saturated carbocycles. The first-order valence-electron chi connectivity index (χ1n) is 15.7. The summed E-state index contributed by atoms with van der Waals surface area (Å²) in [6.07, 6.45) is -2.58. The molecular formula is C31H33Cl2N7O9. The zero-order valence-electron chi connectivity index (χ0n) is 26.4. The summed E-state index contributed by atoms with van der Waals surface area (Å²) >= 11 is 13.3. The molecule has 2 fully saturated rings. The second kappa shape index (κ2) is 14.6. The summed E-state index contributed by atoms with van der Waals surface area (Å²) in [5.74, 6) is -0.730. The highest BCUT2D eigenvalue weighted by atomic mass is 35.5. The number of ether oxygens (including phenoxy) is 4. The van der Waals surface area contributed by atoms with Crippen LogP contribution in [0.5, 0.6) is 0 Å². The molecule has 18 heteroatoms. The Hall–Kier alpha value is -4.38. The number of aliphatic imine (C=N–C) groups is 1. The van der Waals surface area contributed by atoms with Crippen LogP contribution in [0.1, 0.15) is 38.7 Å². The Labute approximate surface area is 290 Å². The van der Waals surface area contributed by atoms with E-state index in [-0.39, 0.29) is 19.8 Å². The number of nitrogens with zero attached hydrogens (tertiary/aromatic N) is 6. The minimum atomic E-state index is -1.89. The summed E-state index contributed by atoms with van der Waals surface area (Å²) < 4.78 is 20.3. The van der Waals surface area contributed by atoms with Crippen LogP contribution in [0.4, 0.5) is 0 Å². The Morgan fingerprint density at radius 2 is 1.80 bits per heavy atom. The molecule has 1 aromatic heterocycles. The highest BCUT2D eigenvalue weighted by Gasteiger charge is 2.53. The molecule has 260 valence electrons. The van der Waals surface area contributed by atoms with Crippen molar-refractivity contribution < 1.29 is 38.5 Å². The fourth-order valence-corrected chi connectivity index (χ4v) is 6.68. The number of benzene rings is 2. The van der Waals surface area contributed by atoms with Gasteiger partial charge in [0.2, 0.25) is 10.3 Å². The van der Waals surface area contributed by atoms with E-state index in [1.54, 1.807) is 4.90 Å². The number of tetrazole rings is 1. The van der Waals surface area contributed by atoms with E-state index < -0.39 is 58.0 Å². The molecule has 3 aliphatic rings. The third-order valence-electron chi connectivity index (χ3n) is 8.44. The smallest absolute Gasteiger partial charge is 0.347 e. The van der Waals surface area contributed by atoms with E-state index in [0.717, 1.165) is 35.1 Å². The Balaban J connectivity index is 1.14. The molecule has 6 atom stereocenters. The van der Waals surface area contributed by atoms with E-state index in [0.29, 0.717) is 18.1 Å². The fraction of sp³-hybridized carbons (Fsp3) is 0.484. The molecule has 6 rings (SSSR count). The first-order valence-corrected chi connectivity index (χ1v) is 16.4. The van der Waals surface area contributed by atoms with Crippen LogP contribution in [-0.4, -0.2) is 103 Å². The minimum absolute atomic E-state index is 0.0711. The molecule has 49 heavy (non-hydrogen) atoms. The van der Waals surface area contributed by atoms with Crippen LogP contribution in [0.25, 0.3) is 22.5 Å². The molecule has 3 aromatic rings. The largest absolute Gasteiger partial charge is 0.454 e. The molecule has 2 aromatic carbocycles. The van der Waals surface area contributed by atoms with Gasteiger partial charge in [-0.05, 0) is 35.2 Å². The third-order valence-corrected chi connectivity index (χ3v) is 9.02. The predicted molar refractivity (Wildman–Crippen MR) is 173 cm³/mol. The molecule has 0 aliphatic carbocycles. The first-order chi connectivity index (χ1) is 23.6. The minimum Gasteiger partial charge on any atom is -0.454 e. The Kier molecular flexibility index (Phi) is 10.3. The topological polar surface area (TPSA) is 193 Å². The van der Waals surface area contributed by atoms with Crippen LogP contribution in [0.2, 0.25) is 0 Å². The van der Waals surface area contributed by atoms with Gasteiger partial charge in [-0.3, -0.25) is 0 Å². The molecule has 1 N–H and O–H groups in total. The number of fused-ring (bicyclic) bond motifs is 1. The van der Waals surface area contributed by atoms with Gasteiger partial charge < -0.3 is 28.7 Å². The second-order valence-corrected chi connectivity index (χ2v) is 13.1. The van der Waals surface area contributed by atoms with Crippen LogP contribution in [0, 0.1) is 10.1 Å². The number of amidine groups is 1. The monoisotopic (exact) mass is 717 g/mol. The van der Waals surface area contributed by atoms with Gasteiger partial charge in [-0.15, -0.1) is 20.3 Å². The van der Waals surface area contributed by atoms with Gasteiger partial charge >= 0.3 is 11.9 Å². The van der Waals surface area contributed by atoms with Crippen LogP contribution < -0.4 is 0 Å². The van der Waals surface area contributed by atoms with E-state index in [1.165, 1.54) is 6.92 Å². The highest BCUT2D eigenvalue weighted by Crippen LogP contribution is 2.40. The van der Waals surface area contributed by atoms with Gasteiger partial charge in [-0.1, -0.05) is 85.1 Å². The molecule has 0 bridgehead atoms. The molecule has 16 nitrogen and oxygen atoms in total. The highest BCUT2D eigenvalue weighted by molar-refractivity contribution is 6.51. The van der Waals surface area contributed by atoms with E-state index in [1.807, 2.05) is 55.5 Å². The quantitative estimate of drug-likeness (QED) is 0.0886. The van der Waals surface area contributed by atoms with E-state index >= 15 is 0 Å². The van der Waals surface area contributed by atoms with Crippen molar-refractivity contribution in [1.29, 1.82) is 0 Å². The van der Waals surface area contributed by atoms with E-state index in [4.69, 9.17) is 42.1 Å². The van der Waals surface area contributed by atoms with E-state index in [2.05, 4.69) is 30.5 Å². The summed E-state index contributed by atoms with van der Waals surface area (Å²) in [6.45, 7) is 3.44. The van der Waals surface area contributed by atoms with Gasteiger partial charge in [-0.25, -0.2) is 14.6 Å². The summed E-state index contributed by atoms with van der Waals surface area (Å²) in [5, 5.41) is 24.2. The van der Waals surface area contributed by atoms with Crippen molar-refractivity contribution >= 4 is 41.0 Å². The van der Waals surface area contributed by atoms with Gasteiger partial charge in [0.05, 0.1) is 13.2 Å². The number of unbranched alkanes of at least 4 members (excludes halogenated alkanes) is 1. The maximum atomic E-state index is 13.7. The SMILES string of the molecule is CCCCC1=NC(Cl)(Cl)C(C(=O)O[C@H](C)C(=O)O[C@H]2CO[C@H]3[C@@H]2OC[C@H]3O[N+](=O)[O-])N1Cc1ccc(-c2ccccc2-c2nn[nH]n2)cc1. The van der Waals surface area contributed by atoms with Crippen molar-refractivity contribution in [3.8, 4) is 22.5 Å². The summed E-state index contributed by atoms with van der Waals surface area (Å²) in [6, 6.07) is 14.2. The first kappa shape index (κ1) is 34.5. The lowest BCUT2D eigenvalue weighted by Crippen LogP contribution is -2.49. The molecule has 2 saturated heterocycles. The number of nitrogens with one attached hydrogen (secondary N) is 1. The average molecular weight is 719 g/mol. The van der Waals surface area contributed by atoms with Crippen LogP contribution in [-0.2, 0) is 39.9 Å². The second-order valence-electron chi connectivity index (χ2n) is 11.7. The zero-order valence-corrected chi connectivity index (χ0v) is 28.0. The normalized spacial score (nSPS) is 24.6. The Morgan fingerprint density at radius 1 is 1.10 bits per heavy atom. The van der Waals surface area contributed by atoms with E-state index in [9.17, 15) is 19.7 Å².